The summed E-state index contributed by atoms with van der Waals surface area (Å²) in [5.41, 5.74) is 5.56. The van der Waals surface area contributed by atoms with E-state index in [-0.39, 0.29) is 0 Å². The average molecular weight is 243 g/mol. The van der Waals surface area contributed by atoms with Crippen LogP contribution in [0.25, 0.3) is 0 Å². The first-order chi connectivity index (χ1) is 6.24. The zero-order chi connectivity index (χ0) is 9.26. The number of anilines is 2. The number of halogens is 1. The van der Waals surface area contributed by atoms with Crippen molar-refractivity contribution in [3.63, 3.8) is 0 Å². The fraction of sp³-hybridized carbons (Fsp3) is 0.500. The molecule has 4 nitrogen and oxygen atoms in total. The summed E-state index contributed by atoms with van der Waals surface area (Å²) >= 11 is 3.26. The third-order valence-electron chi connectivity index (χ3n) is 1.96. The molecule has 0 unspecified atom stereocenters. The van der Waals surface area contributed by atoms with E-state index >= 15 is 0 Å². The maximum absolute atomic E-state index is 5.56. The van der Waals surface area contributed by atoms with Crippen LogP contribution in [0.5, 0.6) is 0 Å². The van der Waals surface area contributed by atoms with E-state index in [1.807, 2.05) is 0 Å². The van der Waals surface area contributed by atoms with Crippen LogP contribution in [-0.4, -0.2) is 16.5 Å². The number of nitrogens with zero attached hydrogens (tertiary/aromatic N) is 2. The van der Waals surface area contributed by atoms with Gasteiger partial charge in [0.2, 0.25) is 5.95 Å². The second-order valence-electron chi connectivity index (χ2n) is 3.26. The molecule has 0 atom stereocenters. The second-order valence-corrected chi connectivity index (χ2v) is 4.08. The number of hydrogen-bond acceptors (Lipinski definition) is 4. The van der Waals surface area contributed by atoms with Crippen molar-refractivity contribution in [2.45, 2.75) is 12.8 Å². The van der Waals surface area contributed by atoms with E-state index in [1.54, 1.807) is 6.07 Å². The first-order valence-electron chi connectivity index (χ1n) is 4.28. The van der Waals surface area contributed by atoms with Crippen LogP contribution in [0.1, 0.15) is 12.8 Å². The molecule has 0 aliphatic heterocycles. The molecule has 1 saturated carbocycles. The zero-order valence-electron chi connectivity index (χ0n) is 7.13. The number of rotatable bonds is 3. The summed E-state index contributed by atoms with van der Waals surface area (Å²) in [5, 5.41) is 3.16. The molecule has 1 aliphatic carbocycles. The highest BCUT2D eigenvalue weighted by atomic mass is 79.9. The van der Waals surface area contributed by atoms with Gasteiger partial charge in [0, 0.05) is 12.6 Å². The van der Waals surface area contributed by atoms with E-state index in [2.05, 4.69) is 31.2 Å². The summed E-state index contributed by atoms with van der Waals surface area (Å²) < 4.78 is 0.721. The minimum Gasteiger partial charge on any atom is -0.383 e. The topological polar surface area (TPSA) is 63.8 Å². The Morgan fingerprint density at radius 2 is 2.31 bits per heavy atom. The number of hydrogen-bond donors (Lipinski definition) is 2. The Labute approximate surface area is 85.1 Å². The summed E-state index contributed by atoms with van der Waals surface area (Å²) in [6, 6.07) is 1.68. The van der Waals surface area contributed by atoms with Crippen molar-refractivity contribution in [1.29, 1.82) is 0 Å². The van der Waals surface area contributed by atoms with Crippen LogP contribution in [0.2, 0.25) is 0 Å². The summed E-state index contributed by atoms with van der Waals surface area (Å²) in [6.45, 7) is 0.954. The summed E-state index contributed by atoms with van der Waals surface area (Å²) in [6.07, 6.45) is 2.63. The average Bonchev–Trinajstić information content (AvgIpc) is 2.81. The van der Waals surface area contributed by atoms with Crippen molar-refractivity contribution in [2.75, 3.05) is 17.6 Å². The molecule has 0 amide bonds. The van der Waals surface area contributed by atoms with E-state index in [9.17, 15) is 0 Å². The van der Waals surface area contributed by atoms with Gasteiger partial charge in [-0.2, -0.15) is 4.98 Å². The lowest BCUT2D eigenvalue weighted by Gasteiger charge is -2.03. The molecule has 1 aliphatic rings. The molecule has 0 bridgehead atoms. The normalized spacial score (nSPS) is 15.8. The molecule has 3 N–H and O–H groups in total. The Hall–Kier alpha value is -0.840. The Balaban J connectivity index is 2.01. The Kier molecular flexibility index (Phi) is 2.35. The van der Waals surface area contributed by atoms with Gasteiger partial charge < -0.3 is 11.1 Å². The first-order valence-corrected chi connectivity index (χ1v) is 5.07. The highest BCUT2D eigenvalue weighted by Crippen LogP contribution is 2.28. The third-order valence-corrected chi connectivity index (χ3v) is 2.37. The van der Waals surface area contributed by atoms with Crippen molar-refractivity contribution in [3.8, 4) is 0 Å². The minimum absolute atomic E-state index is 0.486. The van der Waals surface area contributed by atoms with E-state index in [0.29, 0.717) is 11.8 Å². The summed E-state index contributed by atoms with van der Waals surface area (Å²) in [4.78, 5) is 8.21. The molecule has 70 valence electrons. The Morgan fingerprint density at radius 3 is 2.92 bits per heavy atom. The molecule has 0 radical (unpaired) electrons. The van der Waals surface area contributed by atoms with Crippen molar-refractivity contribution >= 4 is 27.7 Å². The van der Waals surface area contributed by atoms with Gasteiger partial charge in [0.25, 0.3) is 0 Å². The molecule has 1 aromatic rings. The van der Waals surface area contributed by atoms with E-state index in [1.165, 1.54) is 12.8 Å². The van der Waals surface area contributed by atoms with Crippen LogP contribution in [-0.2, 0) is 0 Å². The van der Waals surface area contributed by atoms with Gasteiger partial charge in [0.15, 0.2) is 0 Å². The molecular formula is C8H11BrN4. The lowest BCUT2D eigenvalue weighted by molar-refractivity contribution is 0.873. The smallest absolute Gasteiger partial charge is 0.225 e. The van der Waals surface area contributed by atoms with Gasteiger partial charge >= 0.3 is 0 Å². The van der Waals surface area contributed by atoms with Crippen molar-refractivity contribution in [2.24, 2.45) is 5.92 Å². The van der Waals surface area contributed by atoms with Gasteiger partial charge in [-0.15, -0.1) is 0 Å². The van der Waals surface area contributed by atoms with Crippen LogP contribution in [0.3, 0.4) is 0 Å². The lowest BCUT2D eigenvalue weighted by atomic mass is 10.4. The Morgan fingerprint density at radius 1 is 1.54 bits per heavy atom. The van der Waals surface area contributed by atoms with Gasteiger partial charge in [0.1, 0.15) is 10.4 Å². The first kappa shape index (κ1) is 8.74. The van der Waals surface area contributed by atoms with Crippen LogP contribution < -0.4 is 11.1 Å². The van der Waals surface area contributed by atoms with Gasteiger partial charge in [-0.3, -0.25) is 0 Å². The largest absolute Gasteiger partial charge is 0.383 e. The standard InChI is InChI=1S/C8H11BrN4/c9-6-3-7(10)13-8(12-6)11-4-5-1-2-5/h3,5H,1-2,4H2,(H3,10,11,12,13). The molecule has 1 heterocycles. The van der Waals surface area contributed by atoms with Crippen molar-refractivity contribution in [1.82, 2.24) is 9.97 Å². The van der Waals surface area contributed by atoms with Crippen molar-refractivity contribution < 1.29 is 0 Å². The predicted molar refractivity (Wildman–Crippen MR) is 55.4 cm³/mol. The molecule has 13 heavy (non-hydrogen) atoms. The quantitative estimate of drug-likeness (QED) is 0.792. The Bertz CT molecular complexity index is 291. The molecule has 2 rings (SSSR count). The highest BCUT2D eigenvalue weighted by molar-refractivity contribution is 9.10. The maximum Gasteiger partial charge on any atom is 0.225 e. The van der Waals surface area contributed by atoms with E-state index in [4.69, 9.17) is 5.73 Å². The highest BCUT2D eigenvalue weighted by Gasteiger charge is 2.20. The van der Waals surface area contributed by atoms with Crippen molar-refractivity contribution in [3.05, 3.63) is 10.7 Å². The number of nitrogens with two attached hydrogens (primary N) is 1. The lowest BCUT2D eigenvalue weighted by Crippen LogP contribution is -2.08. The van der Waals surface area contributed by atoms with Gasteiger partial charge in [-0.05, 0) is 34.7 Å². The van der Waals surface area contributed by atoms with Gasteiger partial charge in [0.05, 0.1) is 0 Å². The van der Waals surface area contributed by atoms with E-state index < -0.39 is 0 Å². The third kappa shape index (κ3) is 2.55. The number of nitrogens with one attached hydrogen (secondary N) is 1. The van der Waals surface area contributed by atoms with Crippen LogP contribution in [0.4, 0.5) is 11.8 Å². The van der Waals surface area contributed by atoms with Crippen LogP contribution in [0, 0.1) is 5.92 Å². The van der Waals surface area contributed by atoms with Crippen LogP contribution >= 0.6 is 15.9 Å². The molecule has 1 aromatic heterocycles. The maximum atomic E-state index is 5.56. The van der Waals surface area contributed by atoms with Gasteiger partial charge in [-0.1, -0.05) is 0 Å². The number of aromatic nitrogens is 2. The molecule has 0 spiro atoms. The monoisotopic (exact) mass is 242 g/mol. The predicted octanol–water partition coefficient (Wildman–Crippen LogP) is 1.64. The molecule has 0 saturated heterocycles. The van der Waals surface area contributed by atoms with E-state index in [0.717, 1.165) is 17.1 Å². The van der Waals surface area contributed by atoms with Gasteiger partial charge in [-0.25, -0.2) is 4.98 Å². The SMILES string of the molecule is Nc1cc(Br)nc(NCC2CC2)n1. The summed E-state index contributed by atoms with van der Waals surface area (Å²) in [7, 11) is 0. The fourth-order valence-corrected chi connectivity index (χ4v) is 1.47. The fourth-order valence-electron chi connectivity index (χ4n) is 1.07. The second kappa shape index (κ2) is 3.49. The molecule has 5 heteroatoms. The van der Waals surface area contributed by atoms with Crippen LogP contribution in [0.15, 0.2) is 10.7 Å². The molecular weight excluding hydrogens is 232 g/mol. The number of nitrogen functional groups attached to an aromatic ring is 1. The minimum atomic E-state index is 0.486. The molecule has 0 aromatic carbocycles. The zero-order valence-corrected chi connectivity index (χ0v) is 8.71. The molecule has 1 fully saturated rings. The summed E-state index contributed by atoms with van der Waals surface area (Å²) in [5.74, 6) is 1.91.